The molecule has 0 N–H and O–H groups in total. The molecular weight excluding hydrogens is 294 g/mol. The predicted octanol–water partition coefficient (Wildman–Crippen LogP) is 3.32. The summed E-state index contributed by atoms with van der Waals surface area (Å²) in [7, 11) is 1.37. The van der Waals surface area contributed by atoms with E-state index in [0.717, 1.165) is 11.3 Å². The molecule has 1 heterocycles. The van der Waals surface area contributed by atoms with Crippen molar-refractivity contribution in [3.63, 3.8) is 0 Å². The number of benzene rings is 1. The Kier molecular flexibility index (Phi) is 5.22. The Balaban J connectivity index is 2.08. The van der Waals surface area contributed by atoms with E-state index >= 15 is 0 Å². The van der Waals surface area contributed by atoms with Gasteiger partial charge in [0.1, 0.15) is 23.8 Å². The number of rotatable bonds is 6. The van der Waals surface area contributed by atoms with E-state index < -0.39 is 0 Å². The lowest BCUT2D eigenvalue weighted by atomic mass is 10.1. The van der Waals surface area contributed by atoms with Crippen molar-refractivity contribution in [2.75, 3.05) is 7.11 Å². The molecule has 0 saturated carbocycles. The summed E-state index contributed by atoms with van der Waals surface area (Å²) in [5.74, 6) is 1.01. The van der Waals surface area contributed by atoms with Crippen LogP contribution < -0.4 is 4.74 Å². The fraction of sp³-hybridized carbons (Fsp3) is 0.333. The number of esters is 1. The van der Waals surface area contributed by atoms with Gasteiger partial charge in [-0.15, -0.1) is 0 Å². The fourth-order valence-corrected chi connectivity index (χ4v) is 2.13. The van der Waals surface area contributed by atoms with Crippen molar-refractivity contribution in [1.29, 1.82) is 0 Å². The first-order valence-electron chi connectivity index (χ1n) is 6.49. The third kappa shape index (κ3) is 4.23. The SMILES string of the molecule is COC(=O)CCc1cccc(Cl)c1OCc1cc(C)on1. The van der Waals surface area contributed by atoms with Crippen LogP contribution in [0.4, 0.5) is 0 Å². The fourth-order valence-electron chi connectivity index (χ4n) is 1.88. The highest BCUT2D eigenvalue weighted by Gasteiger charge is 2.12. The summed E-state index contributed by atoms with van der Waals surface area (Å²) in [5.41, 5.74) is 1.54. The van der Waals surface area contributed by atoms with Crippen LogP contribution in [0, 0.1) is 6.92 Å². The molecule has 5 nitrogen and oxygen atoms in total. The number of nitrogens with zero attached hydrogens (tertiary/aromatic N) is 1. The van der Waals surface area contributed by atoms with Gasteiger partial charge in [0.15, 0.2) is 0 Å². The number of aryl methyl sites for hydroxylation is 2. The lowest BCUT2D eigenvalue weighted by Crippen LogP contribution is -2.04. The van der Waals surface area contributed by atoms with Gasteiger partial charge in [-0.1, -0.05) is 28.9 Å². The van der Waals surface area contributed by atoms with Crippen molar-refractivity contribution < 1.29 is 18.8 Å². The number of hydrogen-bond donors (Lipinski definition) is 0. The van der Waals surface area contributed by atoms with Crippen molar-refractivity contribution in [2.45, 2.75) is 26.4 Å². The molecule has 0 radical (unpaired) electrons. The van der Waals surface area contributed by atoms with Gasteiger partial charge in [0.2, 0.25) is 0 Å². The smallest absolute Gasteiger partial charge is 0.305 e. The van der Waals surface area contributed by atoms with E-state index in [0.29, 0.717) is 22.9 Å². The normalized spacial score (nSPS) is 10.4. The number of halogens is 1. The number of hydrogen-bond acceptors (Lipinski definition) is 5. The largest absolute Gasteiger partial charge is 0.485 e. The van der Waals surface area contributed by atoms with E-state index in [9.17, 15) is 4.79 Å². The molecule has 0 amide bonds. The zero-order valence-electron chi connectivity index (χ0n) is 11.9. The van der Waals surface area contributed by atoms with Crippen LogP contribution in [0.5, 0.6) is 5.75 Å². The Hall–Kier alpha value is -2.01. The van der Waals surface area contributed by atoms with Crippen molar-refractivity contribution in [2.24, 2.45) is 0 Å². The number of aromatic nitrogens is 1. The molecule has 0 aliphatic heterocycles. The molecule has 6 heteroatoms. The monoisotopic (exact) mass is 309 g/mol. The van der Waals surface area contributed by atoms with Crippen LogP contribution in [0.1, 0.15) is 23.4 Å². The molecule has 2 rings (SSSR count). The van der Waals surface area contributed by atoms with Gasteiger partial charge >= 0.3 is 5.97 Å². The minimum absolute atomic E-state index is 0.256. The highest BCUT2D eigenvalue weighted by Crippen LogP contribution is 2.30. The second-order valence-electron chi connectivity index (χ2n) is 4.52. The molecule has 0 aliphatic carbocycles. The maximum Gasteiger partial charge on any atom is 0.305 e. The summed E-state index contributed by atoms with van der Waals surface area (Å²) >= 11 is 6.17. The van der Waals surface area contributed by atoms with Crippen LogP contribution in [-0.4, -0.2) is 18.2 Å². The molecule has 0 unspecified atom stereocenters. The first kappa shape index (κ1) is 15.4. The van der Waals surface area contributed by atoms with Crippen LogP contribution in [-0.2, 0) is 22.6 Å². The van der Waals surface area contributed by atoms with Gasteiger partial charge in [0, 0.05) is 12.5 Å². The van der Waals surface area contributed by atoms with Gasteiger partial charge in [-0.3, -0.25) is 4.79 Å². The molecule has 2 aromatic rings. The zero-order chi connectivity index (χ0) is 15.2. The van der Waals surface area contributed by atoms with E-state index in [4.69, 9.17) is 20.9 Å². The first-order chi connectivity index (χ1) is 10.1. The average Bonchev–Trinajstić information content (AvgIpc) is 2.89. The number of para-hydroxylation sites is 1. The summed E-state index contributed by atoms with van der Waals surface area (Å²) < 4.78 is 15.3. The average molecular weight is 310 g/mol. The molecule has 0 aliphatic rings. The highest BCUT2D eigenvalue weighted by atomic mass is 35.5. The Labute approximate surface area is 127 Å². The van der Waals surface area contributed by atoms with Gasteiger partial charge in [-0.2, -0.15) is 0 Å². The molecular formula is C15H16ClNO4. The van der Waals surface area contributed by atoms with Crippen molar-refractivity contribution in [1.82, 2.24) is 5.16 Å². The molecule has 0 fully saturated rings. The predicted molar refractivity (Wildman–Crippen MR) is 77.4 cm³/mol. The zero-order valence-corrected chi connectivity index (χ0v) is 12.6. The van der Waals surface area contributed by atoms with Gasteiger partial charge in [-0.05, 0) is 25.0 Å². The van der Waals surface area contributed by atoms with Crippen LogP contribution in [0.15, 0.2) is 28.8 Å². The summed E-state index contributed by atoms with van der Waals surface area (Å²) in [6.07, 6.45) is 0.774. The second kappa shape index (κ2) is 7.13. The summed E-state index contributed by atoms with van der Waals surface area (Å²) in [6.45, 7) is 2.07. The van der Waals surface area contributed by atoms with E-state index in [1.807, 2.05) is 19.1 Å². The topological polar surface area (TPSA) is 61.6 Å². The van der Waals surface area contributed by atoms with Crippen molar-refractivity contribution in [3.05, 3.63) is 46.3 Å². The van der Waals surface area contributed by atoms with Gasteiger partial charge in [0.25, 0.3) is 0 Å². The Morgan fingerprint density at radius 3 is 2.90 bits per heavy atom. The molecule has 0 spiro atoms. The van der Waals surface area contributed by atoms with Crippen LogP contribution in [0.3, 0.4) is 0 Å². The van der Waals surface area contributed by atoms with Crippen molar-refractivity contribution in [3.8, 4) is 5.75 Å². The molecule has 1 aromatic carbocycles. The third-order valence-corrected chi connectivity index (χ3v) is 3.21. The van der Waals surface area contributed by atoms with Crippen molar-refractivity contribution >= 4 is 17.6 Å². The summed E-state index contributed by atoms with van der Waals surface area (Å²) in [5, 5.41) is 4.36. The Morgan fingerprint density at radius 1 is 1.43 bits per heavy atom. The highest BCUT2D eigenvalue weighted by molar-refractivity contribution is 6.32. The first-order valence-corrected chi connectivity index (χ1v) is 6.87. The Morgan fingerprint density at radius 2 is 2.24 bits per heavy atom. The third-order valence-electron chi connectivity index (χ3n) is 2.92. The van der Waals surface area contributed by atoms with Gasteiger partial charge in [0.05, 0.1) is 12.1 Å². The van der Waals surface area contributed by atoms with Gasteiger partial charge in [-0.25, -0.2) is 0 Å². The quantitative estimate of drug-likeness (QED) is 0.766. The lowest BCUT2D eigenvalue weighted by Gasteiger charge is -2.11. The standard InChI is InChI=1S/C15H16ClNO4/c1-10-8-12(17-21-10)9-20-15-11(4-3-5-13(15)16)6-7-14(18)19-2/h3-5,8H,6-7,9H2,1-2H3. The van der Waals surface area contributed by atoms with E-state index in [1.54, 1.807) is 12.1 Å². The van der Waals surface area contributed by atoms with Gasteiger partial charge < -0.3 is 14.0 Å². The summed E-state index contributed by atoms with van der Waals surface area (Å²) in [6, 6.07) is 7.23. The molecule has 1 aromatic heterocycles. The number of carbonyl (C=O) groups excluding carboxylic acids is 1. The second-order valence-corrected chi connectivity index (χ2v) is 4.93. The van der Waals surface area contributed by atoms with E-state index in [2.05, 4.69) is 9.89 Å². The van der Waals surface area contributed by atoms with Crippen LogP contribution in [0.25, 0.3) is 0 Å². The lowest BCUT2D eigenvalue weighted by molar-refractivity contribution is -0.140. The van der Waals surface area contributed by atoms with E-state index in [-0.39, 0.29) is 19.0 Å². The number of carbonyl (C=O) groups is 1. The minimum atomic E-state index is -0.270. The molecule has 21 heavy (non-hydrogen) atoms. The maximum absolute atomic E-state index is 11.2. The molecule has 0 saturated heterocycles. The minimum Gasteiger partial charge on any atom is -0.485 e. The Bertz CT molecular complexity index is 624. The molecule has 112 valence electrons. The van der Waals surface area contributed by atoms with Crippen LogP contribution >= 0.6 is 11.6 Å². The van der Waals surface area contributed by atoms with E-state index in [1.165, 1.54) is 7.11 Å². The van der Waals surface area contributed by atoms with Crippen LogP contribution in [0.2, 0.25) is 5.02 Å². The number of ether oxygens (including phenoxy) is 2. The molecule has 0 bridgehead atoms. The molecule has 0 atom stereocenters. The number of methoxy groups -OCH3 is 1. The summed E-state index contributed by atoms with van der Waals surface area (Å²) in [4.78, 5) is 11.2. The maximum atomic E-state index is 11.2.